The molecule has 1 aliphatic rings. The first kappa shape index (κ1) is 8.89. The van der Waals surface area contributed by atoms with Crippen LogP contribution in [0, 0.1) is 0 Å². The minimum atomic E-state index is -1.10. The molecule has 1 aliphatic heterocycles. The van der Waals surface area contributed by atoms with E-state index in [4.69, 9.17) is 25.2 Å². The normalized spacial score (nSPS) is 44.7. The predicted octanol–water partition coefficient (Wildman–Crippen LogP) is -2.54. The second kappa shape index (κ2) is 3.46. The standard InChI is InChI=1S/C6H12O5/c7-1-3-5(9)6(10)4(2-8)11-3/h3-10H,1-2H2/t3-,4+,5+,6?/m0/s1. The fourth-order valence-electron chi connectivity index (χ4n) is 1.13. The van der Waals surface area contributed by atoms with E-state index in [1.165, 1.54) is 0 Å². The average Bonchev–Trinajstić information content (AvgIpc) is 2.30. The van der Waals surface area contributed by atoms with E-state index in [1.807, 2.05) is 0 Å². The van der Waals surface area contributed by atoms with E-state index in [-0.39, 0.29) is 13.2 Å². The Morgan fingerprint density at radius 3 is 1.45 bits per heavy atom. The van der Waals surface area contributed by atoms with E-state index in [9.17, 15) is 0 Å². The summed E-state index contributed by atoms with van der Waals surface area (Å²) in [5.74, 6) is 0. The summed E-state index contributed by atoms with van der Waals surface area (Å²) < 4.78 is 4.88. The molecule has 0 aliphatic carbocycles. The maximum absolute atomic E-state index is 9.11. The van der Waals surface area contributed by atoms with Crippen molar-refractivity contribution in [1.29, 1.82) is 0 Å². The number of aliphatic hydroxyl groups excluding tert-OH is 4. The predicted molar refractivity (Wildman–Crippen MR) is 34.8 cm³/mol. The summed E-state index contributed by atoms with van der Waals surface area (Å²) >= 11 is 0. The molecular weight excluding hydrogens is 152 g/mol. The Morgan fingerprint density at radius 2 is 1.27 bits per heavy atom. The van der Waals surface area contributed by atoms with Crippen molar-refractivity contribution in [3.8, 4) is 0 Å². The van der Waals surface area contributed by atoms with Crippen molar-refractivity contribution >= 4 is 0 Å². The lowest BCUT2D eigenvalue weighted by atomic mass is 10.1. The molecule has 5 nitrogen and oxygen atoms in total. The lowest BCUT2D eigenvalue weighted by Crippen LogP contribution is -2.34. The Hall–Kier alpha value is -0.200. The molecule has 1 heterocycles. The van der Waals surface area contributed by atoms with Crippen LogP contribution in [0.2, 0.25) is 0 Å². The molecule has 1 unspecified atom stereocenters. The topological polar surface area (TPSA) is 90.2 Å². The average molecular weight is 164 g/mol. The fourth-order valence-corrected chi connectivity index (χ4v) is 1.13. The quantitative estimate of drug-likeness (QED) is 0.361. The van der Waals surface area contributed by atoms with Crippen molar-refractivity contribution in [2.45, 2.75) is 24.4 Å². The Morgan fingerprint density at radius 1 is 0.909 bits per heavy atom. The third-order valence-electron chi connectivity index (χ3n) is 1.82. The Balaban J connectivity index is 2.53. The van der Waals surface area contributed by atoms with Gasteiger partial charge in [-0.15, -0.1) is 0 Å². The van der Waals surface area contributed by atoms with E-state index in [0.717, 1.165) is 0 Å². The van der Waals surface area contributed by atoms with E-state index in [2.05, 4.69) is 0 Å². The second-order valence-corrected chi connectivity index (χ2v) is 2.56. The van der Waals surface area contributed by atoms with Gasteiger partial charge in [0.2, 0.25) is 0 Å². The summed E-state index contributed by atoms with van der Waals surface area (Å²) in [7, 11) is 0. The number of ether oxygens (including phenoxy) is 1. The molecular formula is C6H12O5. The van der Waals surface area contributed by atoms with Crippen LogP contribution >= 0.6 is 0 Å². The second-order valence-electron chi connectivity index (χ2n) is 2.56. The Bertz CT molecular complexity index is 110. The third-order valence-corrected chi connectivity index (χ3v) is 1.82. The molecule has 0 aromatic carbocycles. The monoisotopic (exact) mass is 164 g/mol. The van der Waals surface area contributed by atoms with E-state index < -0.39 is 24.4 Å². The van der Waals surface area contributed by atoms with Crippen molar-refractivity contribution in [1.82, 2.24) is 0 Å². The molecule has 1 saturated heterocycles. The van der Waals surface area contributed by atoms with Crippen molar-refractivity contribution < 1.29 is 25.2 Å². The van der Waals surface area contributed by atoms with Crippen molar-refractivity contribution in [2.24, 2.45) is 0 Å². The molecule has 0 aromatic rings. The number of aliphatic hydroxyl groups is 4. The first-order valence-electron chi connectivity index (χ1n) is 3.44. The van der Waals surface area contributed by atoms with E-state index in [0.29, 0.717) is 0 Å². The van der Waals surface area contributed by atoms with Crippen molar-refractivity contribution in [3.05, 3.63) is 0 Å². The van der Waals surface area contributed by atoms with Gasteiger partial charge in [0.05, 0.1) is 13.2 Å². The summed E-state index contributed by atoms with van der Waals surface area (Å²) in [5.41, 5.74) is 0. The van der Waals surface area contributed by atoms with Gasteiger partial charge >= 0.3 is 0 Å². The molecule has 0 bridgehead atoms. The molecule has 1 rings (SSSR count). The first-order chi connectivity index (χ1) is 5.20. The highest BCUT2D eigenvalue weighted by atomic mass is 16.6. The van der Waals surface area contributed by atoms with Crippen LogP contribution < -0.4 is 0 Å². The third kappa shape index (κ3) is 1.52. The minimum Gasteiger partial charge on any atom is -0.394 e. The zero-order chi connectivity index (χ0) is 8.43. The lowest BCUT2D eigenvalue weighted by molar-refractivity contribution is -0.0395. The van der Waals surface area contributed by atoms with Gasteiger partial charge in [0, 0.05) is 0 Å². The summed E-state index contributed by atoms with van der Waals surface area (Å²) in [6, 6.07) is 0. The Kier molecular flexibility index (Phi) is 2.80. The summed E-state index contributed by atoms with van der Waals surface area (Å²) in [4.78, 5) is 0. The van der Waals surface area contributed by atoms with Crippen LogP contribution in [0.1, 0.15) is 0 Å². The van der Waals surface area contributed by atoms with Crippen LogP contribution in [0.3, 0.4) is 0 Å². The highest BCUT2D eigenvalue weighted by Crippen LogP contribution is 2.20. The first-order valence-corrected chi connectivity index (χ1v) is 3.44. The number of hydrogen-bond acceptors (Lipinski definition) is 5. The summed E-state index contributed by atoms with van der Waals surface area (Å²) in [6.45, 7) is -0.705. The molecule has 4 atom stereocenters. The SMILES string of the molecule is OC[C@@H]1O[C@H](CO)C(O)[C@@H]1O. The summed E-state index contributed by atoms with van der Waals surface area (Å²) in [5, 5.41) is 35.4. The lowest BCUT2D eigenvalue weighted by Gasteiger charge is -2.10. The van der Waals surface area contributed by atoms with Gasteiger partial charge in [0.15, 0.2) is 0 Å². The molecule has 0 amide bonds. The van der Waals surface area contributed by atoms with Crippen LogP contribution in [0.25, 0.3) is 0 Å². The zero-order valence-corrected chi connectivity index (χ0v) is 5.92. The number of rotatable bonds is 2. The highest BCUT2D eigenvalue weighted by Gasteiger charge is 2.41. The van der Waals surface area contributed by atoms with Gasteiger partial charge in [0.1, 0.15) is 24.4 Å². The molecule has 11 heavy (non-hydrogen) atoms. The molecule has 0 spiro atoms. The van der Waals surface area contributed by atoms with Gasteiger partial charge in [-0.1, -0.05) is 0 Å². The Labute approximate surface area is 63.8 Å². The smallest absolute Gasteiger partial charge is 0.111 e. The van der Waals surface area contributed by atoms with Gasteiger partial charge in [-0.25, -0.2) is 0 Å². The van der Waals surface area contributed by atoms with E-state index in [1.54, 1.807) is 0 Å². The van der Waals surface area contributed by atoms with Crippen LogP contribution in [0.15, 0.2) is 0 Å². The summed E-state index contributed by atoms with van der Waals surface area (Å²) in [6.07, 6.45) is -3.75. The van der Waals surface area contributed by atoms with Crippen LogP contribution in [-0.2, 0) is 4.74 Å². The maximum Gasteiger partial charge on any atom is 0.111 e. The fraction of sp³-hybridized carbons (Fsp3) is 1.00. The molecule has 0 saturated carbocycles. The van der Waals surface area contributed by atoms with Gasteiger partial charge in [-0.05, 0) is 0 Å². The molecule has 1 fully saturated rings. The molecule has 0 radical (unpaired) electrons. The van der Waals surface area contributed by atoms with Crippen molar-refractivity contribution in [3.63, 3.8) is 0 Å². The van der Waals surface area contributed by atoms with Crippen LogP contribution in [-0.4, -0.2) is 58.1 Å². The largest absolute Gasteiger partial charge is 0.394 e. The molecule has 66 valence electrons. The maximum atomic E-state index is 9.11. The highest BCUT2D eigenvalue weighted by molar-refractivity contribution is 4.89. The minimum absolute atomic E-state index is 0.352. The van der Waals surface area contributed by atoms with Gasteiger partial charge in [-0.3, -0.25) is 0 Å². The van der Waals surface area contributed by atoms with Gasteiger partial charge in [0.25, 0.3) is 0 Å². The van der Waals surface area contributed by atoms with Gasteiger partial charge < -0.3 is 25.2 Å². The molecule has 5 heteroatoms. The van der Waals surface area contributed by atoms with Crippen LogP contribution in [0.4, 0.5) is 0 Å². The van der Waals surface area contributed by atoms with E-state index >= 15 is 0 Å². The molecule has 0 aromatic heterocycles. The zero-order valence-electron chi connectivity index (χ0n) is 5.92. The van der Waals surface area contributed by atoms with Gasteiger partial charge in [-0.2, -0.15) is 0 Å². The number of hydrogen-bond donors (Lipinski definition) is 4. The van der Waals surface area contributed by atoms with Crippen molar-refractivity contribution in [2.75, 3.05) is 13.2 Å². The van der Waals surface area contributed by atoms with Crippen LogP contribution in [0.5, 0.6) is 0 Å². The molecule has 4 N–H and O–H groups in total.